The third kappa shape index (κ3) is 7.21. The van der Waals surface area contributed by atoms with Gasteiger partial charge in [0.25, 0.3) is 0 Å². The number of rotatable bonds is 11. The van der Waals surface area contributed by atoms with Gasteiger partial charge in [-0.3, -0.25) is 4.79 Å². The number of methoxy groups -OCH3 is 2. The average Bonchev–Trinajstić information content (AvgIpc) is 3.40. The predicted octanol–water partition coefficient (Wildman–Crippen LogP) is 5.77. The number of hydrogen-bond donors (Lipinski definition) is 1. The Hall–Kier alpha value is -3.59. The number of hydrogen-bond acceptors (Lipinski definition) is 5. The summed E-state index contributed by atoms with van der Waals surface area (Å²) in [4.78, 5) is 31.1. The fraction of sp³-hybridized carbons (Fsp3) is 0.333. The number of thiophene rings is 1. The normalized spacial score (nSPS) is 11.5. The summed E-state index contributed by atoms with van der Waals surface area (Å²) in [6.45, 7) is 4.47. The molecule has 7 nitrogen and oxygen atoms in total. The van der Waals surface area contributed by atoms with Crippen LogP contribution in [0.25, 0.3) is 0 Å². The molecular weight excluding hydrogens is 481 g/mol. The van der Waals surface area contributed by atoms with E-state index in [9.17, 15) is 14.0 Å². The van der Waals surface area contributed by atoms with Crippen LogP contribution < -0.4 is 14.8 Å². The van der Waals surface area contributed by atoms with Gasteiger partial charge >= 0.3 is 6.03 Å². The van der Waals surface area contributed by atoms with Crippen LogP contribution in [-0.2, 0) is 17.9 Å². The fourth-order valence-corrected chi connectivity index (χ4v) is 4.34. The zero-order valence-corrected chi connectivity index (χ0v) is 21.8. The number of benzene rings is 2. The Morgan fingerprint density at radius 1 is 1.06 bits per heavy atom. The van der Waals surface area contributed by atoms with Crippen molar-refractivity contribution in [3.63, 3.8) is 0 Å². The molecule has 0 aliphatic carbocycles. The van der Waals surface area contributed by atoms with Crippen molar-refractivity contribution in [1.82, 2.24) is 9.80 Å². The minimum absolute atomic E-state index is 0.105. The summed E-state index contributed by atoms with van der Waals surface area (Å²) >= 11 is 1.56. The Bertz CT molecular complexity index is 1140. The maximum atomic E-state index is 13.5. The van der Waals surface area contributed by atoms with E-state index in [1.54, 1.807) is 53.7 Å². The Kier molecular flexibility index (Phi) is 9.69. The second kappa shape index (κ2) is 12.9. The number of anilines is 1. The lowest BCUT2D eigenvalue weighted by Crippen LogP contribution is -2.47. The highest BCUT2D eigenvalue weighted by molar-refractivity contribution is 7.09. The molecule has 36 heavy (non-hydrogen) atoms. The first kappa shape index (κ1) is 27.0. The average molecular weight is 514 g/mol. The van der Waals surface area contributed by atoms with Gasteiger partial charge in [0.1, 0.15) is 23.9 Å². The second-order valence-corrected chi connectivity index (χ2v) is 9.37. The van der Waals surface area contributed by atoms with E-state index in [2.05, 4.69) is 5.32 Å². The predicted molar refractivity (Wildman–Crippen MR) is 140 cm³/mol. The summed E-state index contributed by atoms with van der Waals surface area (Å²) in [7, 11) is 3.06. The molecule has 0 unspecified atom stereocenters. The van der Waals surface area contributed by atoms with Gasteiger partial charge in [0.15, 0.2) is 0 Å². The number of nitrogens with zero attached hydrogens (tertiary/aromatic N) is 2. The van der Waals surface area contributed by atoms with Crippen molar-refractivity contribution in [1.29, 1.82) is 0 Å². The maximum Gasteiger partial charge on any atom is 0.322 e. The summed E-state index contributed by atoms with van der Waals surface area (Å²) in [5.74, 6) is 0.519. The van der Waals surface area contributed by atoms with Gasteiger partial charge in [-0.25, -0.2) is 9.18 Å². The van der Waals surface area contributed by atoms with E-state index in [0.29, 0.717) is 36.7 Å². The summed E-state index contributed by atoms with van der Waals surface area (Å²) in [6.07, 6.45) is 0.670. The lowest BCUT2D eigenvalue weighted by molar-refractivity contribution is -0.133. The van der Waals surface area contributed by atoms with Crippen LogP contribution >= 0.6 is 11.3 Å². The van der Waals surface area contributed by atoms with Crippen molar-refractivity contribution in [2.24, 2.45) is 0 Å². The number of ether oxygens (including phenoxy) is 2. The Morgan fingerprint density at radius 3 is 2.42 bits per heavy atom. The first-order chi connectivity index (χ1) is 17.3. The standard InChI is InChI=1S/C27H32FN3O4S/c1-5-19(2)31(27(33)29-24-13-12-22(34-3)15-25(24)35-4)18-26(32)30(17-23-7-6-14-36-23)16-20-8-10-21(28)11-9-20/h6-15,19H,5,16-18H2,1-4H3,(H,29,33)/t19-/m0/s1. The lowest BCUT2D eigenvalue weighted by Gasteiger charge is -2.31. The van der Waals surface area contributed by atoms with E-state index in [0.717, 1.165) is 10.4 Å². The molecule has 0 radical (unpaired) electrons. The molecule has 0 saturated heterocycles. The van der Waals surface area contributed by atoms with Gasteiger partial charge < -0.3 is 24.6 Å². The highest BCUT2D eigenvalue weighted by Crippen LogP contribution is 2.29. The molecule has 0 aliphatic rings. The van der Waals surface area contributed by atoms with Gasteiger partial charge in [-0.05, 0) is 54.6 Å². The number of urea groups is 1. The molecule has 0 saturated carbocycles. The molecule has 0 fully saturated rings. The van der Waals surface area contributed by atoms with Crippen molar-refractivity contribution in [2.45, 2.75) is 39.4 Å². The van der Waals surface area contributed by atoms with Crippen molar-refractivity contribution in [3.8, 4) is 11.5 Å². The smallest absolute Gasteiger partial charge is 0.322 e. The summed E-state index contributed by atoms with van der Waals surface area (Å²) in [5.41, 5.74) is 1.29. The van der Waals surface area contributed by atoms with E-state index < -0.39 is 6.03 Å². The minimum Gasteiger partial charge on any atom is -0.497 e. The number of carbonyl (C=O) groups excluding carboxylic acids is 2. The number of nitrogens with one attached hydrogen (secondary N) is 1. The van der Waals surface area contributed by atoms with Crippen LogP contribution in [0.2, 0.25) is 0 Å². The first-order valence-corrected chi connectivity index (χ1v) is 12.6. The third-order valence-corrected chi connectivity index (χ3v) is 6.77. The van der Waals surface area contributed by atoms with Crippen LogP contribution in [0, 0.1) is 5.82 Å². The Morgan fingerprint density at radius 2 is 1.81 bits per heavy atom. The van der Waals surface area contributed by atoms with Gasteiger partial charge in [0, 0.05) is 23.5 Å². The van der Waals surface area contributed by atoms with Gasteiger partial charge in [-0.15, -0.1) is 11.3 Å². The van der Waals surface area contributed by atoms with Gasteiger partial charge in [-0.2, -0.15) is 0 Å². The fourth-order valence-electron chi connectivity index (χ4n) is 3.62. The molecule has 9 heteroatoms. The van der Waals surface area contributed by atoms with E-state index in [1.165, 1.54) is 24.1 Å². The largest absolute Gasteiger partial charge is 0.497 e. The summed E-state index contributed by atoms with van der Waals surface area (Å²) in [5, 5.41) is 4.83. The molecule has 1 atom stereocenters. The van der Waals surface area contributed by atoms with E-state index in [1.807, 2.05) is 31.4 Å². The van der Waals surface area contributed by atoms with Crippen molar-refractivity contribution in [3.05, 3.63) is 76.2 Å². The molecule has 0 spiro atoms. The monoisotopic (exact) mass is 513 g/mol. The van der Waals surface area contributed by atoms with Crippen LogP contribution in [0.15, 0.2) is 60.0 Å². The van der Waals surface area contributed by atoms with Crippen molar-refractivity contribution >= 4 is 29.0 Å². The molecule has 2 aromatic carbocycles. The minimum atomic E-state index is -0.404. The molecule has 1 aromatic heterocycles. The molecule has 3 amide bonds. The molecule has 0 aliphatic heterocycles. The molecule has 192 valence electrons. The van der Waals surface area contributed by atoms with Gasteiger partial charge in [0.05, 0.1) is 26.5 Å². The summed E-state index contributed by atoms with van der Waals surface area (Å²) in [6, 6.07) is 14.5. The first-order valence-electron chi connectivity index (χ1n) is 11.7. The number of amides is 3. The highest BCUT2D eigenvalue weighted by atomic mass is 32.1. The van der Waals surface area contributed by atoms with Crippen molar-refractivity contribution in [2.75, 3.05) is 26.1 Å². The van der Waals surface area contributed by atoms with Crippen molar-refractivity contribution < 1.29 is 23.5 Å². The second-order valence-electron chi connectivity index (χ2n) is 8.34. The molecular formula is C27H32FN3O4S. The molecule has 0 bridgehead atoms. The van der Waals surface area contributed by atoms with Crippen LogP contribution in [-0.4, -0.2) is 48.5 Å². The molecule has 3 aromatic rings. The number of halogens is 1. The van der Waals surface area contributed by atoms with Crippen LogP contribution in [0.1, 0.15) is 30.7 Å². The zero-order valence-electron chi connectivity index (χ0n) is 21.0. The van der Waals surface area contributed by atoms with E-state index in [4.69, 9.17) is 9.47 Å². The highest BCUT2D eigenvalue weighted by Gasteiger charge is 2.26. The Balaban J connectivity index is 1.80. The van der Waals surface area contributed by atoms with Gasteiger partial charge in [0.2, 0.25) is 5.91 Å². The Labute approximate surface area is 215 Å². The topological polar surface area (TPSA) is 71.1 Å². The van der Waals surface area contributed by atoms with E-state index >= 15 is 0 Å². The van der Waals surface area contributed by atoms with Crippen LogP contribution in [0.3, 0.4) is 0 Å². The lowest BCUT2D eigenvalue weighted by atomic mass is 10.2. The SMILES string of the molecule is CC[C@H](C)N(CC(=O)N(Cc1ccc(F)cc1)Cc1cccs1)C(=O)Nc1ccc(OC)cc1OC. The number of carbonyl (C=O) groups is 2. The quantitative estimate of drug-likeness (QED) is 0.354. The van der Waals surface area contributed by atoms with Crippen LogP contribution in [0.4, 0.5) is 14.9 Å². The molecule has 1 N–H and O–H groups in total. The zero-order chi connectivity index (χ0) is 26.1. The molecule has 3 rings (SSSR count). The van der Waals surface area contributed by atoms with Crippen LogP contribution in [0.5, 0.6) is 11.5 Å². The summed E-state index contributed by atoms with van der Waals surface area (Å²) < 4.78 is 24.0. The molecule has 1 heterocycles. The van der Waals surface area contributed by atoms with E-state index in [-0.39, 0.29) is 24.3 Å². The maximum absolute atomic E-state index is 13.5. The van der Waals surface area contributed by atoms with Gasteiger partial charge in [-0.1, -0.05) is 25.1 Å². The third-order valence-electron chi connectivity index (χ3n) is 5.91.